The summed E-state index contributed by atoms with van der Waals surface area (Å²) in [5.74, 6) is 2.88. The summed E-state index contributed by atoms with van der Waals surface area (Å²) >= 11 is 7.05. The molecule has 149 heavy (non-hydrogen) atoms. The van der Waals surface area contributed by atoms with Crippen molar-refractivity contribution in [2.24, 2.45) is 17.8 Å². The highest BCUT2D eigenvalue weighted by Gasteiger charge is 2.34. The number of carbonyl (C=O) groups is 5. The summed E-state index contributed by atoms with van der Waals surface area (Å²) in [6, 6.07) is 102. The number of rotatable bonds is 35. The molecule has 0 aliphatic heterocycles. The van der Waals surface area contributed by atoms with Crippen LogP contribution in [0.3, 0.4) is 0 Å². The van der Waals surface area contributed by atoms with Crippen molar-refractivity contribution in [3.05, 3.63) is 423 Å². The molecule has 0 radical (unpaired) electrons. The first-order valence-electron chi connectivity index (χ1n) is 51.1. The number of nitrogens with zero attached hydrogens (tertiary/aromatic N) is 7. The van der Waals surface area contributed by atoms with Crippen molar-refractivity contribution in [2.45, 2.75) is 162 Å². The van der Waals surface area contributed by atoms with Crippen molar-refractivity contribution >= 4 is 101 Å². The Kier molecular flexibility index (Phi) is 38.6. The van der Waals surface area contributed by atoms with Gasteiger partial charge in [0.25, 0.3) is 0 Å². The van der Waals surface area contributed by atoms with Gasteiger partial charge in [-0.2, -0.15) is 0 Å². The van der Waals surface area contributed by atoms with Gasteiger partial charge in [-0.15, -0.1) is 0 Å². The van der Waals surface area contributed by atoms with Gasteiger partial charge < -0.3 is 46.7 Å². The van der Waals surface area contributed by atoms with Crippen LogP contribution in [0.15, 0.2) is 356 Å². The molecule has 3 saturated carbocycles. The molecule has 3 aliphatic carbocycles. The second-order valence-electron chi connectivity index (χ2n) is 38.9. The van der Waals surface area contributed by atoms with Gasteiger partial charge in [-0.1, -0.05) is 187 Å². The molecule has 7 aromatic heterocycles. The van der Waals surface area contributed by atoms with Crippen molar-refractivity contribution in [1.29, 1.82) is 0 Å². The van der Waals surface area contributed by atoms with Crippen LogP contribution in [0.4, 0.5) is 39.9 Å². The molecular weight excluding hydrogens is 1980 g/mol. The van der Waals surface area contributed by atoms with Crippen LogP contribution in [0, 0.1) is 52.4 Å². The maximum Gasteiger partial charge on any atom is 0.233 e. The maximum absolute atomic E-state index is 13.2. The summed E-state index contributed by atoms with van der Waals surface area (Å²) in [7, 11) is 3.33. The average Bonchev–Trinajstić information content (AvgIpc) is 1.82. The number of benzene rings is 9. The van der Waals surface area contributed by atoms with Crippen LogP contribution in [-0.2, 0) is 35.3 Å². The monoisotopic (exact) mass is 2110 g/mol. The number of ether oxygens (including phenoxy) is 2. The Bertz CT molecular complexity index is 6990. The summed E-state index contributed by atoms with van der Waals surface area (Å²) in [6.07, 6.45) is 20.8. The van der Waals surface area contributed by atoms with Crippen molar-refractivity contribution in [1.82, 2.24) is 34.9 Å². The summed E-state index contributed by atoms with van der Waals surface area (Å²) in [5, 5.41) is 22.0. The van der Waals surface area contributed by atoms with E-state index in [-0.39, 0.29) is 59.1 Å². The van der Waals surface area contributed by atoms with Crippen LogP contribution in [0.1, 0.15) is 189 Å². The number of carbonyl (C=O) groups excluding carboxylic acids is 5. The Morgan fingerprint density at radius 1 is 0.336 bits per heavy atom. The van der Waals surface area contributed by atoms with E-state index in [1.165, 1.54) is 44.1 Å². The molecular formula is C126H130Br2N14O7. The standard InChI is InChI=1S/C29H29N3O2.C26H32N4O2.2C24H23BrN2O.C23H23N3O/c1-20-18-25(16-17-30-20)24-8-12-27(13-9-24)32-29(33)21(2)23-6-10-26(11-7-23)31-19-22-4-14-28(34-3)15-5-22;1-18(2)16-23(24-6-5-7-25(30-24)28-14-15-32-4)26(31)29-22-10-8-20(9-11-22)21-12-13-27-19(3)17-21;2*1-16-13-19(11-12-26-16)18-7-9-22(10-8-18)27-24(28)23(14-17-5-6-17)20-3-2-4-21(25)15-20;1-15-13-20(10-11-24-15)17-5-7-21(8-6-17)26-23(27)16(2)19-9-12-25-22(14-19)18-3-4-18/h4-18,21,31H,19H2,1-3H3,(H,32,33);5-13,17-18,23H,14-16H2,1-4H3,(H,28,30)(H,29,31);2*2-4,7-13,15,17,23H,5-6,14H2,1H3,(H,27,28);5-14,16,18H,3-4H2,1-2H3,(H,26,27)/t;;;;16-/m....0/s1. The molecule has 19 rings (SSSR count). The van der Waals surface area contributed by atoms with E-state index < -0.39 is 0 Å². The Morgan fingerprint density at radius 3 is 1.04 bits per heavy atom. The molecule has 9 aromatic carbocycles. The van der Waals surface area contributed by atoms with E-state index in [2.05, 4.69) is 154 Å². The van der Waals surface area contributed by atoms with Crippen LogP contribution in [0.5, 0.6) is 5.75 Å². The molecule has 7 N–H and O–H groups in total. The molecule has 23 heteroatoms. The number of hydrogen-bond acceptors (Lipinski definition) is 16. The zero-order valence-electron chi connectivity index (χ0n) is 86.3. The topological polar surface area (TPSA) is 278 Å². The second kappa shape index (κ2) is 53.4. The predicted octanol–water partition coefficient (Wildman–Crippen LogP) is 29.5. The van der Waals surface area contributed by atoms with Gasteiger partial charge in [0, 0.05) is 141 Å². The Labute approximate surface area is 892 Å². The lowest BCUT2D eigenvalue weighted by Crippen LogP contribution is -2.23. The smallest absolute Gasteiger partial charge is 0.233 e. The van der Waals surface area contributed by atoms with Gasteiger partial charge in [-0.05, 0) is 376 Å². The minimum atomic E-state index is -0.332. The van der Waals surface area contributed by atoms with Crippen molar-refractivity contribution in [3.8, 4) is 61.4 Å². The van der Waals surface area contributed by atoms with Crippen LogP contribution >= 0.6 is 31.9 Å². The van der Waals surface area contributed by atoms with Gasteiger partial charge in [0.15, 0.2) is 0 Å². The highest BCUT2D eigenvalue weighted by Crippen LogP contribution is 2.44. The second-order valence-corrected chi connectivity index (χ2v) is 40.8. The number of aromatic nitrogens is 7. The van der Waals surface area contributed by atoms with Crippen LogP contribution in [-0.4, -0.2) is 91.8 Å². The highest BCUT2D eigenvalue weighted by atomic mass is 79.9. The average molecular weight is 2110 g/mol. The molecule has 0 bridgehead atoms. The van der Waals surface area contributed by atoms with Crippen LogP contribution < -0.4 is 42.0 Å². The fourth-order valence-electron chi connectivity index (χ4n) is 17.5. The molecule has 0 spiro atoms. The molecule has 7 heterocycles. The summed E-state index contributed by atoms with van der Waals surface area (Å²) in [6.45, 7) is 20.0. The zero-order chi connectivity index (χ0) is 105. The van der Waals surface area contributed by atoms with E-state index in [4.69, 9.17) is 9.47 Å². The van der Waals surface area contributed by atoms with Crippen molar-refractivity contribution in [3.63, 3.8) is 0 Å². The van der Waals surface area contributed by atoms with E-state index in [0.717, 1.165) is 185 Å². The highest BCUT2D eigenvalue weighted by molar-refractivity contribution is 9.10. The quantitative estimate of drug-likeness (QED) is 0.0182. The largest absolute Gasteiger partial charge is 0.497 e. The van der Waals surface area contributed by atoms with Gasteiger partial charge >= 0.3 is 0 Å². The summed E-state index contributed by atoms with van der Waals surface area (Å²) < 4.78 is 12.3. The number of aryl methyl sites for hydroxylation is 5. The summed E-state index contributed by atoms with van der Waals surface area (Å²) in [4.78, 5) is 95.1. The SMILES string of the molecule is COCCNc1cccc(C(CC(C)C)C(=O)Nc2ccc(-c3ccnc(C)c3)cc2)n1.COc1ccc(CNc2ccc(C(C)C(=O)Nc3ccc(-c4ccnc(C)c4)cc3)cc2)cc1.Cc1cc(-c2ccc(NC(=O)C(CC3CC3)c3cccc(Br)c3)cc2)ccn1.Cc1cc(-c2ccc(NC(=O)C(CC3CC3)c3cccc(Br)c3)cc2)ccn1.Cc1cc(-c2ccc(NC(=O)[C@@H](C)c3ccnc(C4CC4)c3)cc2)ccn1. The number of nitrogens with one attached hydrogen (secondary N) is 7. The number of anilines is 7. The number of methoxy groups -OCH3 is 2. The molecule has 5 atom stereocenters. The molecule has 16 aromatic rings. The summed E-state index contributed by atoms with van der Waals surface area (Å²) in [5.41, 5.74) is 28.3. The van der Waals surface area contributed by atoms with Crippen molar-refractivity contribution in [2.75, 3.05) is 64.6 Å². The fourth-order valence-corrected chi connectivity index (χ4v) is 18.3. The van der Waals surface area contributed by atoms with E-state index in [0.29, 0.717) is 49.8 Å². The third-order valence-corrected chi connectivity index (χ3v) is 27.5. The van der Waals surface area contributed by atoms with Crippen LogP contribution in [0.2, 0.25) is 0 Å². The lowest BCUT2D eigenvalue weighted by molar-refractivity contribution is -0.118. The maximum atomic E-state index is 13.2. The zero-order valence-corrected chi connectivity index (χ0v) is 89.5. The lowest BCUT2D eigenvalue weighted by atomic mass is 9.92. The first kappa shape index (κ1) is 108. The van der Waals surface area contributed by atoms with Gasteiger partial charge in [-0.3, -0.25) is 53.9 Å². The first-order chi connectivity index (χ1) is 72.2. The molecule has 760 valence electrons. The third kappa shape index (κ3) is 33.1. The normalized spacial score (nSPS) is 13.3. The molecule has 5 amide bonds. The van der Waals surface area contributed by atoms with Crippen molar-refractivity contribution < 1.29 is 33.4 Å². The number of amides is 5. The van der Waals surface area contributed by atoms with Gasteiger partial charge in [0.1, 0.15) is 11.6 Å². The Hall–Kier alpha value is -15.3. The van der Waals surface area contributed by atoms with E-state index in [1.807, 2.05) is 359 Å². The Morgan fingerprint density at radius 2 is 0.691 bits per heavy atom. The minimum absolute atomic E-state index is 0.00421. The molecule has 21 nitrogen and oxygen atoms in total. The number of hydrogen-bond donors (Lipinski definition) is 7. The van der Waals surface area contributed by atoms with E-state index in [1.54, 1.807) is 14.2 Å². The molecule has 3 fully saturated rings. The number of halogens is 2. The van der Waals surface area contributed by atoms with E-state index in [9.17, 15) is 24.0 Å². The Balaban J connectivity index is 0.000000140. The molecule has 4 unspecified atom stereocenters. The minimum Gasteiger partial charge on any atom is -0.497 e. The predicted molar refractivity (Wildman–Crippen MR) is 610 cm³/mol. The van der Waals surface area contributed by atoms with Crippen LogP contribution in [0.25, 0.3) is 55.6 Å². The third-order valence-electron chi connectivity index (χ3n) is 26.5. The fraction of sp³-hybridized carbons (Fsp3) is 0.254. The first-order valence-corrected chi connectivity index (χ1v) is 52.7. The number of pyridine rings is 7. The molecule has 0 saturated heterocycles. The van der Waals surface area contributed by atoms with Gasteiger partial charge in [0.05, 0.1) is 49.0 Å². The van der Waals surface area contributed by atoms with Gasteiger partial charge in [-0.25, -0.2) is 4.98 Å². The van der Waals surface area contributed by atoms with Gasteiger partial charge in [0.2, 0.25) is 29.5 Å². The molecule has 3 aliphatic rings. The van der Waals surface area contributed by atoms with E-state index >= 15 is 0 Å². The lowest BCUT2D eigenvalue weighted by Gasteiger charge is -2.19.